The van der Waals surface area contributed by atoms with E-state index < -0.39 is 142 Å². The van der Waals surface area contributed by atoms with E-state index in [0.717, 1.165) is 70.6 Å². The molecule has 20 nitrogen and oxygen atoms in total. The lowest BCUT2D eigenvalue weighted by atomic mass is 9.93. The van der Waals surface area contributed by atoms with E-state index in [2.05, 4.69) is 6.58 Å². The Labute approximate surface area is 343 Å². The van der Waals surface area contributed by atoms with E-state index in [4.69, 9.17) is 33.2 Å². The second kappa shape index (κ2) is 24.0. The van der Waals surface area contributed by atoms with Crippen LogP contribution in [0.3, 0.4) is 0 Å². The molecule has 18 atom stereocenters. The average molecular weight is 855 g/mol. The summed E-state index contributed by atoms with van der Waals surface area (Å²) in [7, 11) is 0. The van der Waals surface area contributed by atoms with Crippen molar-refractivity contribution in [3.63, 3.8) is 0 Å². The van der Waals surface area contributed by atoms with Crippen LogP contribution in [0.4, 0.5) is 0 Å². The Bertz CT molecular complexity index is 1290. The van der Waals surface area contributed by atoms with Crippen molar-refractivity contribution in [2.45, 2.75) is 195 Å². The van der Waals surface area contributed by atoms with Crippen molar-refractivity contribution in [2.75, 3.05) is 19.8 Å². The van der Waals surface area contributed by atoms with E-state index in [-0.39, 0.29) is 5.57 Å². The molecule has 0 amide bonds. The molecule has 4 rings (SSSR count). The maximum absolute atomic E-state index is 11.7. The van der Waals surface area contributed by atoms with Crippen molar-refractivity contribution in [1.82, 2.24) is 0 Å². The number of carbonyl (C=O) groups excluding carboxylic acids is 1. The zero-order chi connectivity index (χ0) is 43.4. The minimum absolute atomic E-state index is 0.00744. The summed E-state index contributed by atoms with van der Waals surface area (Å²) in [6, 6.07) is 0. The molecule has 18 unspecified atom stereocenters. The molecule has 0 aromatic heterocycles. The molecule has 4 saturated heterocycles. The highest BCUT2D eigenvalue weighted by molar-refractivity contribution is 5.97. The maximum atomic E-state index is 11.7. The summed E-state index contributed by atoms with van der Waals surface area (Å²) < 4.78 is 40.2. The highest BCUT2D eigenvalue weighted by Gasteiger charge is 2.55. The van der Waals surface area contributed by atoms with Crippen LogP contribution in [0.1, 0.15) is 90.4 Å². The van der Waals surface area contributed by atoms with Gasteiger partial charge in [0.1, 0.15) is 85.3 Å². The zero-order valence-corrected chi connectivity index (χ0v) is 33.5. The number of rotatable bonds is 24. The molecule has 0 radical (unpaired) electrons. The SMILES string of the molecule is C=C1C(=O)OC(CCCCCCCCCCCCCC(C)OC2OC(CO)C(O)C(OC3OC(CO)C(O)C(O)C3O)C2OC2OC(CO)C(O)C(O)C2O)C1C(=O)O. The molecule has 0 saturated carbocycles. The summed E-state index contributed by atoms with van der Waals surface area (Å²) in [6.07, 6.45) is -14.2. The number of unbranched alkanes of at least 4 members (excludes halogenated alkanes) is 10. The Hall–Kier alpha value is -1.96. The lowest BCUT2D eigenvalue weighted by molar-refractivity contribution is -0.394. The minimum atomic E-state index is -1.89. The fourth-order valence-corrected chi connectivity index (χ4v) is 7.95. The first-order valence-corrected chi connectivity index (χ1v) is 20.8. The van der Waals surface area contributed by atoms with Gasteiger partial charge in [0.05, 0.1) is 25.9 Å². The molecular weight excluding hydrogens is 788 g/mol. The van der Waals surface area contributed by atoms with E-state index in [1.807, 2.05) is 0 Å². The van der Waals surface area contributed by atoms with Gasteiger partial charge in [-0.25, -0.2) is 4.79 Å². The number of cyclic esters (lactones) is 1. The highest BCUT2D eigenvalue weighted by Crippen LogP contribution is 2.35. The van der Waals surface area contributed by atoms with Gasteiger partial charge in [-0.2, -0.15) is 0 Å². The van der Waals surface area contributed by atoms with Crippen LogP contribution in [-0.4, -0.2) is 192 Å². The third-order valence-electron chi connectivity index (χ3n) is 11.6. The topological polar surface area (TPSA) is 321 Å². The van der Waals surface area contributed by atoms with Crippen LogP contribution in [0.5, 0.6) is 0 Å². The molecule has 11 N–H and O–H groups in total. The van der Waals surface area contributed by atoms with Gasteiger partial charge in [-0.05, 0) is 26.2 Å². The van der Waals surface area contributed by atoms with Crippen molar-refractivity contribution in [3.05, 3.63) is 12.2 Å². The first-order chi connectivity index (χ1) is 28.1. The summed E-state index contributed by atoms with van der Waals surface area (Å²) in [5.74, 6) is -2.69. The Morgan fingerprint density at radius 2 is 1.02 bits per heavy atom. The summed E-state index contributed by atoms with van der Waals surface area (Å²) in [6.45, 7) is 3.05. The van der Waals surface area contributed by atoms with Crippen molar-refractivity contribution in [3.8, 4) is 0 Å². The third-order valence-corrected chi connectivity index (χ3v) is 11.6. The van der Waals surface area contributed by atoms with Crippen molar-refractivity contribution in [1.29, 1.82) is 0 Å². The Kier molecular flexibility index (Phi) is 20.2. The predicted octanol–water partition coefficient (Wildman–Crippen LogP) is -1.91. The highest BCUT2D eigenvalue weighted by atomic mass is 16.8. The quantitative estimate of drug-likeness (QED) is 0.0287. The number of ether oxygens (including phenoxy) is 7. The van der Waals surface area contributed by atoms with Gasteiger partial charge in [0.25, 0.3) is 0 Å². The molecule has 0 aromatic carbocycles. The van der Waals surface area contributed by atoms with Gasteiger partial charge in [-0.1, -0.05) is 70.8 Å². The van der Waals surface area contributed by atoms with E-state index in [0.29, 0.717) is 12.8 Å². The van der Waals surface area contributed by atoms with Gasteiger partial charge < -0.3 is 89.3 Å². The minimum Gasteiger partial charge on any atom is -0.481 e. The first-order valence-electron chi connectivity index (χ1n) is 20.8. The largest absolute Gasteiger partial charge is 0.481 e. The van der Waals surface area contributed by atoms with Crippen LogP contribution < -0.4 is 0 Å². The number of esters is 1. The zero-order valence-electron chi connectivity index (χ0n) is 33.5. The molecule has 59 heavy (non-hydrogen) atoms. The molecule has 4 aliphatic heterocycles. The van der Waals surface area contributed by atoms with Gasteiger partial charge in [-0.15, -0.1) is 0 Å². The number of carbonyl (C=O) groups is 2. The van der Waals surface area contributed by atoms with Gasteiger partial charge in [0, 0.05) is 5.57 Å². The number of aliphatic carboxylic acids is 1. The molecule has 4 fully saturated rings. The average Bonchev–Trinajstić information content (AvgIpc) is 3.50. The normalized spacial score (nSPS) is 39.6. The number of aliphatic hydroxyl groups is 10. The molecule has 4 heterocycles. The van der Waals surface area contributed by atoms with Crippen LogP contribution in [0.15, 0.2) is 12.2 Å². The van der Waals surface area contributed by atoms with Gasteiger partial charge >= 0.3 is 11.9 Å². The second-order valence-corrected chi connectivity index (χ2v) is 16.0. The monoisotopic (exact) mass is 854 g/mol. The first kappa shape index (κ1) is 49.7. The van der Waals surface area contributed by atoms with E-state index in [9.17, 15) is 65.8 Å². The van der Waals surface area contributed by atoms with Crippen LogP contribution in [0.2, 0.25) is 0 Å². The lowest BCUT2D eigenvalue weighted by Gasteiger charge is -2.49. The Morgan fingerprint density at radius 1 is 0.593 bits per heavy atom. The third kappa shape index (κ3) is 13.0. The van der Waals surface area contributed by atoms with E-state index in [1.165, 1.54) is 0 Å². The molecule has 0 aromatic rings. The molecule has 0 spiro atoms. The number of aliphatic hydroxyl groups excluding tert-OH is 10. The van der Waals surface area contributed by atoms with Crippen molar-refractivity contribution < 1.29 is 98.9 Å². The van der Waals surface area contributed by atoms with Gasteiger partial charge in [-0.3, -0.25) is 4.79 Å². The van der Waals surface area contributed by atoms with Crippen LogP contribution in [-0.2, 0) is 42.7 Å². The molecule has 0 aliphatic carbocycles. The van der Waals surface area contributed by atoms with Crippen molar-refractivity contribution in [2.24, 2.45) is 5.92 Å². The van der Waals surface area contributed by atoms with Crippen LogP contribution in [0, 0.1) is 5.92 Å². The second-order valence-electron chi connectivity index (χ2n) is 16.0. The number of hydrogen-bond donors (Lipinski definition) is 11. The number of hydrogen-bond acceptors (Lipinski definition) is 19. The smallest absolute Gasteiger partial charge is 0.334 e. The Balaban J connectivity index is 1.25. The van der Waals surface area contributed by atoms with Crippen molar-refractivity contribution >= 4 is 11.9 Å². The fraction of sp³-hybridized carbons (Fsp3) is 0.897. The summed E-state index contributed by atoms with van der Waals surface area (Å²) in [4.78, 5) is 23.1. The van der Waals surface area contributed by atoms with Crippen LogP contribution in [0.25, 0.3) is 0 Å². The molecule has 0 bridgehead atoms. The summed E-state index contributed by atoms with van der Waals surface area (Å²) >= 11 is 0. The fourth-order valence-electron chi connectivity index (χ4n) is 7.95. The molecule has 4 aliphatic rings. The van der Waals surface area contributed by atoms with Gasteiger partial charge in [0.15, 0.2) is 18.9 Å². The predicted molar refractivity (Wildman–Crippen MR) is 200 cm³/mol. The van der Waals surface area contributed by atoms with Gasteiger partial charge in [0.2, 0.25) is 0 Å². The standard InChI is InChI=1S/C39H66O20/c1-19(14-12-10-8-6-4-3-5-7-9-11-13-15-21-25(35(50)51)20(2)36(52)54-21)53-39-34(59-38-32(49)30(47)27(44)23(17-41)56-38)33(28(45)24(18-42)57-39)58-37-31(48)29(46)26(43)22(16-40)55-37/h19,21-34,37-49H,2-18H2,1H3,(H,50,51). The molecule has 342 valence electrons. The molecule has 20 heteroatoms. The number of carboxylic acid groups (broad SMARTS) is 1. The molecular formula is C39H66O20. The Morgan fingerprint density at radius 3 is 1.49 bits per heavy atom. The van der Waals surface area contributed by atoms with E-state index in [1.54, 1.807) is 6.92 Å². The lowest BCUT2D eigenvalue weighted by Crippen LogP contribution is -2.67. The summed E-state index contributed by atoms with van der Waals surface area (Å²) in [5, 5.41) is 113. The van der Waals surface area contributed by atoms with E-state index >= 15 is 0 Å². The number of carboxylic acids is 1. The summed E-state index contributed by atoms with van der Waals surface area (Å²) in [5.41, 5.74) is 0.00744. The van der Waals surface area contributed by atoms with Crippen LogP contribution >= 0.6 is 0 Å². The maximum Gasteiger partial charge on any atom is 0.334 e.